The molecular formula is C18H19N5O2S2. The maximum Gasteiger partial charge on any atom is 0.251 e. The maximum atomic E-state index is 12.9. The third kappa shape index (κ3) is 3.69. The van der Waals surface area contributed by atoms with Crippen LogP contribution < -0.4 is 10.6 Å². The van der Waals surface area contributed by atoms with E-state index >= 15 is 0 Å². The second kappa shape index (κ2) is 7.85. The number of carbonyl (C=O) groups excluding carboxylic acids is 2. The zero-order valence-electron chi connectivity index (χ0n) is 15.1. The Hall–Kier alpha value is -2.78. The van der Waals surface area contributed by atoms with E-state index in [0.29, 0.717) is 27.4 Å². The molecular weight excluding hydrogens is 382 g/mol. The molecule has 3 N–H and O–H groups in total. The Labute approximate surface area is 165 Å². The molecule has 0 saturated heterocycles. The highest BCUT2D eigenvalue weighted by atomic mass is 32.1. The molecule has 0 aliphatic carbocycles. The van der Waals surface area contributed by atoms with Crippen LogP contribution in [0.2, 0.25) is 0 Å². The summed E-state index contributed by atoms with van der Waals surface area (Å²) in [7, 11) is 1.57. The third-order valence-electron chi connectivity index (χ3n) is 4.28. The summed E-state index contributed by atoms with van der Waals surface area (Å²) < 4.78 is 2.06. The van der Waals surface area contributed by atoms with Crippen LogP contribution in [0.4, 0.5) is 5.69 Å². The largest absolute Gasteiger partial charge is 0.355 e. The Bertz CT molecular complexity index is 1040. The normalized spacial score (nSPS) is 11.8. The highest BCUT2D eigenvalue weighted by Gasteiger charge is 2.22. The summed E-state index contributed by atoms with van der Waals surface area (Å²) in [5.41, 5.74) is 1.80. The van der Waals surface area contributed by atoms with Crippen molar-refractivity contribution >= 4 is 41.1 Å². The lowest BCUT2D eigenvalue weighted by molar-refractivity contribution is -0.118. The summed E-state index contributed by atoms with van der Waals surface area (Å²) in [5.74, 6) is 0.171. The quantitative estimate of drug-likeness (QED) is 0.570. The number of hydrogen-bond donors (Lipinski definition) is 3. The van der Waals surface area contributed by atoms with Crippen LogP contribution in [0.3, 0.4) is 0 Å². The number of nitrogens with zero attached hydrogens (tertiary/aromatic N) is 2. The summed E-state index contributed by atoms with van der Waals surface area (Å²) in [6.07, 6.45) is 0. The van der Waals surface area contributed by atoms with Crippen LogP contribution in [0.5, 0.6) is 0 Å². The average molecular weight is 402 g/mol. The van der Waals surface area contributed by atoms with Crippen molar-refractivity contribution in [1.29, 1.82) is 0 Å². The van der Waals surface area contributed by atoms with E-state index in [1.54, 1.807) is 43.7 Å². The number of carbonyl (C=O) groups is 2. The predicted octanol–water partition coefficient (Wildman–Crippen LogP) is 3.54. The van der Waals surface area contributed by atoms with Gasteiger partial charge in [-0.2, -0.15) is 5.10 Å². The topological polar surface area (TPSA) is 91.8 Å². The van der Waals surface area contributed by atoms with Gasteiger partial charge < -0.3 is 10.6 Å². The molecule has 2 aromatic heterocycles. The Morgan fingerprint density at radius 2 is 2.07 bits per heavy atom. The molecule has 3 aromatic rings. The van der Waals surface area contributed by atoms with Crippen LogP contribution in [0, 0.1) is 11.7 Å². The minimum absolute atomic E-state index is 0.200. The molecule has 0 bridgehead atoms. The number of amides is 2. The van der Waals surface area contributed by atoms with Crippen molar-refractivity contribution in [3.8, 4) is 10.7 Å². The fourth-order valence-electron chi connectivity index (χ4n) is 2.75. The van der Waals surface area contributed by atoms with Gasteiger partial charge in [-0.1, -0.05) is 12.1 Å². The molecule has 0 spiro atoms. The van der Waals surface area contributed by atoms with E-state index in [0.717, 1.165) is 4.88 Å². The lowest BCUT2D eigenvalue weighted by Crippen LogP contribution is -2.25. The van der Waals surface area contributed by atoms with Gasteiger partial charge in [-0.15, -0.1) is 11.3 Å². The zero-order valence-corrected chi connectivity index (χ0v) is 16.7. The monoisotopic (exact) mass is 401 g/mol. The lowest BCUT2D eigenvalue weighted by Gasteiger charge is -2.17. The van der Waals surface area contributed by atoms with Crippen LogP contribution >= 0.6 is 23.6 Å². The molecule has 140 valence electrons. The zero-order chi connectivity index (χ0) is 19.6. The summed E-state index contributed by atoms with van der Waals surface area (Å²) in [5, 5.41) is 14.4. The molecule has 0 radical (unpaired) electrons. The van der Waals surface area contributed by atoms with Crippen molar-refractivity contribution in [1.82, 2.24) is 20.1 Å². The summed E-state index contributed by atoms with van der Waals surface area (Å²) in [6, 6.07) is 8.47. The van der Waals surface area contributed by atoms with Crippen LogP contribution in [0.1, 0.15) is 28.9 Å². The van der Waals surface area contributed by atoms with E-state index in [2.05, 4.69) is 20.8 Å². The average Bonchev–Trinajstić information content (AvgIpc) is 3.31. The van der Waals surface area contributed by atoms with E-state index in [-0.39, 0.29) is 11.8 Å². The van der Waals surface area contributed by atoms with E-state index in [9.17, 15) is 9.59 Å². The molecule has 2 heterocycles. The van der Waals surface area contributed by atoms with Crippen LogP contribution in [0.25, 0.3) is 10.7 Å². The van der Waals surface area contributed by atoms with Crippen molar-refractivity contribution in [2.45, 2.75) is 19.9 Å². The Morgan fingerprint density at radius 3 is 2.74 bits per heavy atom. The fourth-order valence-corrected chi connectivity index (χ4v) is 3.75. The van der Waals surface area contributed by atoms with E-state index in [1.165, 1.54) is 11.3 Å². The van der Waals surface area contributed by atoms with E-state index in [4.69, 9.17) is 12.2 Å². The first kappa shape index (κ1) is 19.0. The van der Waals surface area contributed by atoms with Gasteiger partial charge in [0.05, 0.1) is 4.88 Å². The Kier molecular flexibility index (Phi) is 5.52. The molecule has 0 aliphatic rings. The number of benzene rings is 1. The third-order valence-corrected chi connectivity index (χ3v) is 5.43. The maximum absolute atomic E-state index is 12.9. The number of aromatic nitrogens is 3. The van der Waals surface area contributed by atoms with Crippen molar-refractivity contribution in [2.24, 2.45) is 0 Å². The molecule has 1 unspecified atom stereocenters. The van der Waals surface area contributed by atoms with Gasteiger partial charge in [0.1, 0.15) is 6.04 Å². The number of aromatic amines is 1. The van der Waals surface area contributed by atoms with Gasteiger partial charge in [0.2, 0.25) is 5.91 Å². The molecule has 3 rings (SSSR count). The minimum Gasteiger partial charge on any atom is -0.355 e. The van der Waals surface area contributed by atoms with Gasteiger partial charge >= 0.3 is 0 Å². The van der Waals surface area contributed by atoms with Crippen molar-refractivity contribution < 1.29 is 9.59 Å². The molecule has 7 nitrogen and oxygen atoms in total. The number of hydrogen-bond acceptors (Lipinski definition) is 5. The van der Waals surface area contributed by atoms with E-state index in [1.807, 2.05) is 17.5 Å². The lowest BCUT2D eigenvalue weighted by atomic mass is 10.1. The fraction of sp³-hybridized carbons (Fsp3) is 0.222. The number of H-pyrrole nitrogens is 1. The first-order valence-corrected chi connectivity index (χ1v) is 9.56. The Balaban J connectivity index is 1.90. The van der Waals surface area contributed by atoms with Crippen LogP contribution in [-0.2, 0) is 4.79 Å². The highest BCUT2D eigenvalue weighted by molar-refractivity contribution is 7.71. The molecule has 0 aliphatic heterocycles. The Morgan fingerprint density at radius 1 is 1.30 bits per heavy atom. The summed E-state index contributed by atoms with van der Waals surface area (Å²) in [6.45, 7) is 3.56. The predicted molar refractivity (Wildman–Crippen MR) is 109 cm³/mol. The summed E-state index contributed by atoms with van der Waals surface area (Å²) in [4.78, 5) is 25.7. The van der Waals surface area contributed by atoms with Gasteiger partial charge in [-0.25, -0.2) is 0 Å². The van der Waals surface area contributed by atoms with Gasteiger partial charge in [0, 0.05) is 18.3 Å². The highest BCUT2D eigenvalue weighted by Crippen LogP contribution is 2.26. The van der Waals surface area contributed by atoms with Crippen molar-refractivity contribution in [3.63, 3.8) is 0 Å². The van der Waals surface area contributed by atoms with Gasteiger partial charge in [-0.05, 0) is 55.2 Å². The SMILES string of the molecule is CNC(=O)c1cccc(NC(=O)C(C)n2c(-c3cccs3)n[nH]c2=S)c1C. The van der Waals surface area contributed by atoms with Crippen molar-refractivity contribution in [2.75, 3.05) is 12.4 Å². The molecule has 0 fully saturated rings. The van der Waals surface area contributed by atoms with Crippen LogP contribution in [0.15, 0.2) is 35.7 Å². The molecule has 9 heteroatoms. The first-order chi connectivity index (χ1) is 12.9. The van der Waals surface area contributed by atoms with Crippen LogP contribution in [-0.4, -0.2) is 33.6 Å². The minimum atomic E-state index is -0.587. The summed E-state index contributed by atoms with van der Waals surface area (Å²) >= 11 is 6.84. The second-order valence-corrected chi connectivity index (χ2v) is 7.26. The number of anilines is 1. The molecule has 0 saturated carbocycles. The molecule has 1 aromatic carbocycles. The number of rotatable bonds is 5. The van der Waals surface area contributed by atoms with Crippen molar-refractivity contribution in [3.05, 3.63) is 51.6 Å². The molecule has 1 atom stereocenters. The van der Waals surface area contributed by atoms with Gasteiger partial charge in [-0.3, -0.25) is 19.3 Å². The second-order valence-electron chi connectivity index (χ2n) is 5.92. The van der Waals surface area contributed by atoms with Gasteiger partial charge in [0.15, 0.2) is 10.6 Å². The first-order valence-electron chi connectivity index (χ1n) is 8.27. The van der Waals surface area contributed by atoms with E-state index < -0.39 is 6.04 Å². The number of nitrogens with one attached hydrogen (secondary N) is 3. The number of thiophene rings is 1. The smallest absolute Gasteiger partial charge is 0.251 e. The molecule has 27 heavy (non-hydrogen) atoms. The standard InChI is InChI=1S/C18H19N5O2S2/c1-10-12(17(25)19-3)6-4-7-13(10)20-16(24)11(2)23-15(21-22-18(23)26)14-8-5-9-27-14/h4-9,11H,1-3H3,(H,19,25)(H,20,24)(H,22,26). The molecule has 2 amide bonds. The van der Waals surface area contributed by atoms with Gasteiger partial charge in [0.25, 0.3) is 5.91 Å².